The maximum atomic E-state index is 12.6. The van der Waals surface area contributed by atoms with Gasteiger partial charge in [-0.05, 0) is 43.0 Å². The topological polar surface area (TPSA) is 64.6 Å². The molecular formula is C22H21NO4S. The highest BCUT2D eigenvalue weighted by atomic mass is 32.1. The van der Waals surface area contributed by atoms with Crippen LogP contribution in [0.25, 0.3) is 11.1 Å². The highest BCUT2D eigenvalue weighted by Gasteiger charge is 2.23. The number of carbonyl (C=O) groups is 2. The summed E-state index contributed by atoms with van der Waals surface area (Å²) in [6.07, 6.45) is -0.953. The molecule has 0 aliphatic heterocycles. The molecule has 0 fully saturated rings. The first-order valence-corrected chi connectivity index (χ1v) is 9.67. The van der Waals surface area contributed by atoms with Gasteiger partial charge in [0, 0.05) is 5.56 Å². The van der Waals surface area contributed by atoms with Gasteiger partial charge in [0.15, 0.2) is 6.10 Å². The molecule has 1 atom stereocenters. The predicted molar refractivity (Wildman–Crippen MR) is 111 cm³/mol. The Kier molecular flexibility index (Phi) is 6.11. The Hall–Kier alpha value is -3.12. The summed E-state index contributed by atoms with van der Waals surface area (Å²) in [7, 11) is 1.53. The molecule has 3 rings (SSSR count). The van der Waals surface area contributed by atoms with Crippen LogP contribution in [0.5, 0.6) is 5.75 Å². The van der Waals surface area contributed by atoms with E-state index in [2.05, 4.69) is 5.32 Å². The maximum absolute atomic E-state index is 12.6. The van der Waals surface area contributed by atoms with E-state index in [1.807, 2.05) is 42.6 Å². The van der Waals surface area contributed by atoms with Gasteiger partial charge in [-0.3, -0.25) is 4.79 Å². The van der Waals surface area contributed by atoms with Crippen LogP contribution in [0.2, 0.25) is 0 Å². The number of anilines is 1. The zero-order valence-corrected chi connectivity index (χ0v) is 16.7. The quantitative estimate of drug-likeness (QED) is 0.602. The SMILES string of the molecule is COc1ccccc1NC(=O)[C@H](C)OC(=O)c1sccc1-c1ccc(C)cc1. The van der Waals surface area contributed by atoms with Crippen molar-refractivity contribution in [2.24, 2.45) is 0 Å². The van der Waals surface area contributed by atoms with Gasteiger partial charge < -0.3 is 14.8 Å². The average molecular weight is 395 g/mol. The molecule has 0 saturated heterocycles. The molecule has 1 amide bonds. The summed E-state index contributed by atoms with van der Waals surface area (Å²) < 4.78 is 10.6. The smallest absolute Gasteiger partial charge is 0.349 e. The first-order valence-electron chi connectivity index (χ1n) is 8.79. The van der Waals surface area contributed by atoms with Crippen molar-refractivity contribution in [1.29, 1.82) is 0 Å². The molecule has 1 aromatic heterocycles. The third-order valence-electron chi connectivity index (χ3n) is 4.23. The summed E-state index contributed by atoms with van der Waals surface area (Å²) >= 11 is 1.29. The van der Waals surface area contributed by atoms with Crippen molar-refractivity contribution < 1.29 is 19.1 Å². The normalized spacial score (nSPS) is 11.5. The minimum Gasteiger partial charge on any atom is -0.495 e. The Labute approximate surface area is 167 Å². The second-order valence-electron chi connectivity index (χ2n) is 6.27. The monoisotopic (exact) mass is 395 g/mol. The molecule has 0 unspecified atom stereocenters. The number of hydrogen-bond donors (Lipinski definition) is 1. The molecule has 0 radical (unpaired) electrons. The maximum Gasteiger partial charge on any atom is 0.349 e. The van der Waals surface area contributed by atoms with E-state index >= 15 is 0 Å². The summed E-state index contributed by atoms with van der Waals surface area (Å²) in [5.41, 5.74) is 3.40. The van der Waals surface area contributed by atoms with Crippen molar-refractivity contribution in [2.45, 2.75) is 20.0 Å². The fourth-order valence-electron chi connectivity index (χ4n) is 2.68. The van der Waals surface area contributed by atoms with Crippen LogP contribution in [0, 0.1) is 6.92 Å². The van der Waals surface area contributed by atoms with Crippen LogP contribution in [-0.4, -0.2) is 25.1 Å². The number of para-hydroxylation sites is 2. The minimum atomic E-state index is -0.953. The van der Waals surface area contributed by atoms with Gasteiger partial charge in [-0.15, -0.1) is 11.3 Å². The van der Waals surface area contributed by atoms with Gasteiger partial charge in [-0.1, -0.05) is 42.0 Å². The highest BCUT2D eigenvalue weighted by Crippen LogP contribution is 2.30. The van der Waals surface area contributed by atoms with Crippen LogP contribution < -0.4 is 10.1 Å². The van der Waals surface area contributed by atoms with Crippen LogP contribution in [0.1, 0.15) is 22.2 Å². The van der Waals surface area contributed by atoms with E-state index in [1.54, 1.807) is 31.2 Å². The number of benzene rings is 2. The molecule has 0 aliphatic carbocycles. The number of esters is 1. The van der Waals surface area contributed by atoms with Crippen LogP contribution >= 0.6 is 11.3 Å². The molecule has 1 heterocycles. The molecule has 28 heavy (non-hydrogen) atoms. The minimum absolute atomic E-state index is 0.425. The fraction of sp³-hybridized carbons (Fsp3) is 0.182. The molecule has 0 spiro atoms. The number of thiophene rings is 1. The van der Waals surface area contributed by atoms with Gasteiger partial charge in [-0.2, -0.15) is 0 Å². The van der Waals surface area contributed by atoms with E-state index in [0.29, 0.717) is 16.3 Å². The number of aryl methyl sites for hydroxylation is 1. The number of ether oxygens (including phenoxy) is 2. The van der Waals surface area contributed by atoms with E-state index < -0.39 is 18.0 Å². The van der Waals surface area contributed by atoms with Crippen LogP contribution in [0.4, 0.5) is 5.69 Å². The van der Waals surface area contributed by atoms with Gasteiger partial charge >= 0.3 is 5.97 Å². The molecule has 144 valence electrons. The van der Waals surface area contributed by atoms with Crippen LogP contribution in [0.15, 0.2) is 60.0 Å². The summed E-state index contributed by atoms with van der Waals surface area (Å²) in [5.74, 6) is -0.408. The van der Waals surface area contributed by atoms with Gasteiger partial charge in [0.2, 0.25) is 0 Å². The molecule has 3 aromatic rings. The zero-order chi connectivity index (χ0) is 20.1. The second kappa shape index (κ2) is 8.71. The number of methoxy groups -OCH3 is 1. The van der Waals surface area contributed by atoms with Gasteiger partial charge in [-0.25, -0.2) is 4.79 Å². The lowest BCUT2D eigenvalue weighted by Crippen LogP contribution is -2.30. The van der Waals surface area contributed by atoms with Gasteiger partial charge in [0.25, 0.3) is 5.91 Å². The number of amides is 1. The third kappa shape index (κ3) is 4.40. The Morgan fingerprint density at radius 3 is 2.46 bits per heavy atom. The number of hydrogen-bond acceptors (Lipinski definition) is 5. The third-order valence-corrected chi connectivity index (χ3v) is 5.13. The predicted octanol–water partition coefficient (Wildman–Crippen LogP) is 4.92. The Morgan fingerprint density at radius 2 is 1.75 bits per heavy atom. The van der Waals surface area contributed by atoms with E-state index in [1.165, 1.54) is 18.4 Å². The van der Waals surface area contributed by atoms with Crippen molar-refractivity contribution in [3.8, 4) is 16.9 Å². The van der Waals surface area contributed by atoms with E-state index in [-0.39, 0.29) is 0 Å². The molecule has 5 nitrogen and oxygen atoms in total. The van der Waals surface area contributed by atoms with Crippen LogP contribution in [0.3, 0.4) is 0 Å². The average Bonchev–Trinajstić information content (AvgIpc) is 3.19. The number of carbonyl (C=O) groups excluding carboxylic acids is 2. The Bertz CT molecular complexity index is 978. The standard InChI is InChI=1S/C22H21NO4S/c1-14-8-10-16(11-9-14)17-12-13-28-20(17)22(25)27-15(2)21(24)23-18-6-4-5-7-19(18)26-3/h4-13,15H,1-3H3,(H,23,24)/t15-/m0/s1. The highest BCUT2D eigenvalue weighted by molar-refractivity contribution is 7.12. The van der Waals surface area contributed by atoms with E-state index in [4.69, 9.17) is 9.47 Å². The molecule has 0 aliphatic rings. The summed E-state index contributed by atoms with van der Waals surface area (Å²) in [5, 5.41) is 4.57. The van der Waals surface area contributed by atoms with E-state index in [0.717, 1.165) is 16.7 Å². The lowest BCUT2D eigenvalue weighted by molar-refractivity contribution is -0.123. The van der Waals surface area contributed by atoms with Crippen molar-refractivity contribution in [1.82, 2.24) is 0 Å². The van der Waals surface area contributed by atoms with Crippen molar-refractivity contribution in [2.75, 3.05) is 12.4 Å². The number of nitrogens with one attached hydrogen (secondary N) is 1. The summed E-state index contributed by atoms with van der Waals surface area (Å²) in [4.78, 5) is 25.6. The van der Waals surface area contributed by atoms with Gasteiger partial charge in [0.1, 0.15) is 10.6 Å². The Balaban J connectivity index is 1.70. The number of rotatable bonds is 6. The first-order chi connectivity index (χ1) is 13.5. The zero-order valence-electron chi connectivity index (χ0n) is 15.9. The van der Waals surface area contributed by atoms with Gasteiger partial charge in [0.05, 0.1) is 12.8 Å². The first kappa shape index (κ1) is 19.6. The van der Waals surface area contributed by atoms with E-state index in [9.17, 15) is 9.59 Å². The lowest BCUT2D eigenvalue weighted by atomic mass is 10.1. The lowest BCUT2D eigenvalue weighted by Gasteiger charge is -2.15. The fourth-order valence-corrected chi connectivity index (χ4v) is 3.48. The molecule has 0 bridgehead atoms. The van der Waals surface area contributed by atoms with Crippen molar-refractivity contribution in [3.63, 3.8) is 0 Å². The molecule has 1 N–H and O–H groups in total. The second-order valence-corrected chi connectivity index (χ2v) is 7.18. The summed E-state index contributed by atoms with van der Waals surface area (Å²) in [6, 6.07) is 16.8. The molecule has 2 aromatic carbocycles. The van der Waals surface area contributed by atoms with Crippen molar-refractivity contribution in [3.05, 3.63) is 70.4 Å². The van der Waals surface area contributed by atoms with Crippen molar-refractivity contribution >= 4 is 28.9 Å². The summed E-state index contributed by atoms with van der Waals surface area (Å²) in [6.45, 7) is 3.55. The molecule has 6 heteroatoms. The molecule has 0 saturated carbocycles. The van der Waals surface area contributed by atoms with Crippen LogP contribution in [-0.2, 0) is 9.53 Å². The molecular weight excluding hydrogens is 374 g/mol. The Morgan fingerprint density at radius 1 is 1.04 bits per heavy atom. The largest absolute Gasteiger partial charge is 0.495 e.